The summed E-state index contributed by atoms with van der Waals surface area (Å²) in [6, 6.07) is 16.8. The molecule has 0 spiro atoms. The number of hydrogen-bond acceptors (Lipinski definition) is 4. The first-order chi connectivity index (χ1) is 16.3. The summed E-state index contributed by atoms with van der Waals surface area (Å²) in [4.78, 5) is 52.9. The maximum atomic E-state index is 13.4. The molecule has 3 aromatic carbocycles. The molecule has 10 heteroatoms. The van der Waals surface area contributed by atoms with E-state index in [4.69, 9.17) is 11.6 Å². The third-order valence-corrected chi connectivity index (χ3v) is 5.34. The number of nitrogens with zero attached hydrogens (tertiary/aromatic N) is 2. The van der Waals surface area contributed by atoms with Gasteiger partial charge >= 0.3 is 6.03 Å². The van der Waals surface area contributed by atoms with Crippen LogP contribution in [0.1, 0.15) is 16.8 Å². The Morgan fingerprint density at radius 3 is 2.21 bits per heavy atom. The van der Waals surface area contributed by atoms with Gasteiger partial charge < -0.3 is 5.32 Å². The van der Waals surface area contributed by atoms with Crippen LogP contribution in [0.4, 0.5) is 20.6 Å². The Hall–Kier alpha value is -4.24. The fourth-order valence-electron chi connectivity index (χ4n) is 3.40. The molecular formula is C24H18ClFN4O4. The van der Waals surface area contributed by atoms with Gasteiger partial charge in [-0.15, -0.1) is 0 Å². The lowest BCUT2D eigenvalue weighted by molar-refractivity contribution is -0.128. The Morgan fingerprint density at radius 2 is 1.56 bits per heavy atom. The zero-order chi connectivity index (χ0) is 24.2. The first-order valence-corrected chi connectivity index (χ1v) is 10.6. The van der Waals surface area contributed by atoms with Crippen molar-refractivity contribution >= 4 is 46.7 Å². The zero-order valence-electron chi connectivity index (χ0n) is 17.6. The Morgan fingerprint density at radius 1 is 0.912 bits per heavy atom. The smallest absolute Gasteiger partial charge is 0.324 e. The molecule has 1 unspecified atom stereocenters. The number of carbonyl (C=O) groups is 4. The molecular weight excluding hydrogens is 463 g/mol. The van der Waals surface area contributed by atoms with Gasteiger partial charge in [-0.3, -0.25) is 19.8 Å². The number of hydrazine groups is 1. The van der Waals surface area contributed by atoms with Crippen LogP contribution < -0.4 is 15.6 Å². The molecule has 34 heavy (non-hydrogen) atoms. The monoisotopic (exact) mass is 480 g/mol. The molecule has 0 bridgehead atoms. The summed E-state index contributed by atoms with van der Waals surface area (Å²) >= 11 is 5.91. The Kier molecular flexibility index (Phi) is 6.55. The average Bonchev–Trinajstić information content (AvgIpc) is 2.83. The molecule has 0 radical (unpaired) electrons. The van der Waals surface area contributed by atoms with E-state index in [9.17, 15) is 23.6 Å². The molecule has 5 amide bonds. The van der Waals surface area contributed by atoms with Gasteiger partial charge in [0.1, 0.15) is 11.9 Å². The molecule has 1 aliphatic heterocycles. The third-order valence-electron chi connectivity index (χ3n) is 5.08. The maximum Gasteiger partial charge on any atom is 0.350 e. The Balaban J connectivity index is 1.64. The van der Waals surface area contributed by atoms with Crippen LogP contribution in [-0.4, -0.2) is 34.8 Å². The third kappa shape index (κ3) is 4.89. The number of benzene rings is 3. The van der Waals surface area contributed by atoms with Crippen LogP contribution in [-0.2, 0) is 9.59 Å². The highest BCUT2D eigenvalue weighted by atomic mass is 35.5. The predicted octanol–water partition coefficient (Wildman–Crippen LogP) is 3.99. The number of halogens is 2. The SMILES string of the molecule is O=C(NN1C(=O)N(c2ccc(Cl)cc2)C(=O)CC1C(=O)Nc1ccc(F)cc1)c1ccccc1. The zero-order valence-corrected chi connectivity index (χ0v) is 18.3. The van der Waals surface area contributed by atoms with Gasteiger partial charge in [0.05, 0.1) is 12.1 Å². The van der Waals surface area contributed by atoms with Crippen LogP contribution in [0.2, 0.25) is 5.02 Å². The number of amides is 5. The van der Waals surface area contributed by atoms with Crippen LogP contribution in [0.3, 0.4) is 0 Å². The molecule has 1 atom stereocenters. The largest absolute Gasteiger partial charge is 0.350 e. The molecule has 1 aliphatic rings. The highest BCUT2D eigenvalue weighted by Gasteiger charge is 2.44. The quantitative estimate of drug-likeness (QED) is 0.577. The number of anilines is 2. The standard InChI is InChI=1S/C24H18ClFN4O4/c25-16-6-12-19(13-7-16)29-21(31)14-20(23(33)27-18-10-8-17(26)9-11-18)30(24(29)34)28-22(32)15-4-2-1-3-5-15/h1-13,20H,14H2,(H,27,33)(H,28,32). The highest BCUT2D eigenvalue weighted by molar-refractivity contribution is 6.30. The van der Waals surface area contributed by atoms with E-state index in [1.165, 1.54) is 36.4 Å². The van der Waals surface area contributed by atoms with Crippen molar-refractivity contribution in [3.05, 3.63) is 95.3 Å². The van der Waals surface area contributed by atoms with E-state index in [-0.39, 0.29) is 16.9 Å². The summed E-state index contributed by atoms with van der Waals surface area (Å²) in [6.07, 6.45) is -0.406. The van der Waals surface area contributed by atoms with E-state index in [1.807, 2.05) is 0 Å². The minimum atomic E-state index is -1.35. The number of rotatable bonds is 5. The normalized spacial score (nSPS) is 15.8. The van der Waals surface area contributed by atoms with Crippen LogP contribution in [0.5, 0.6) is 0 Å². The van der Waals surface area contributed by atoms with Crippen molar-refractivity contribution in [2.75, 3.05) is 10.2 Å². The van der Waals surface area contributed by atoms with Crippen molar-refractivity contribution in [1.29, 1.82) is 0 Å². The summed E-state index contributed by atoms with van der Waals surface area (Å²) in [5.74, 6) is -2.50. The topological polar surface area (TPSA) is 98.8 Å². The first kappa shape index (κ1) is 22.9. The first-order valence-electron chi connectivity index (χ1n) is 10.2. The van der Waals surface area contributed by atoms with Crippen LogP contribution >= 0.6 is 11.6 Å². The van der Waals surface area contributed by atoms with Gasteiger partial charge in [0, 0.05) is 16.3 Å². The van der Waals surface area contributed by atoms with Crippen molar-refractivity contribution in [2.45, 2.75) is 12.5 Å². The van der Waals surface area contributed by atoms with Crippen molar-refractivity contribution in [3.63, 3.8) is 0 Å². The fourth-order valence-corrected chi connectivity index (χ4v) is 3.52. The second-order valence-electron chi connectivity index (χ2n) is 7.38. The Bertz CT molecular complexity index is 1240. The molecule has 2 N–H and O–H groups in total. The molecule has 0 aliphatic carbocycles. The molecule has 1 heterocycles. The number of hydrogen-bond donors (Lipinski definition) is 2. The molecule has 172 valence electrons. The fraction of sp³-hybridized carbons (Fsp3) is 0.0833. The molecule has 4 rings (SSSR count). The van der Waals surface area contributed by atoms with E-state index >= 15 is 0 Å². The van der Waals surface area contributed by atoms with E-state index in [0.29, 0.717) is 5.02 Å². The summed E-state index contributed by atoms with van der Waals surface area (Å²) in [6.45, 7) is 0. The number of urea groups is 1. The molecule has 1 fully saturated rings. The average molecular weight is 481 g/mol. The van der Waals surface area contributed by atoms with Gasteiger partial charge in [0.25, 0.3) is 5.91 Å². The highest BCUT2D eigenvalue weighted by Crippen LogP contribution is 2.26. The van der Waals surface area contributed by atoms with E-state index < -0.39 is 42.0 Å². The summed E-state index contributed by atoms with van der Waals surface area (Å²) in [7, 11) is 0. The van der Waals surface area contributed by atoms with Crippen molar-refractivity contribution in [3.8, 4) is 0 Å². The number of imide groups is 1. The van der Waals surface area contributed by atoms with E-state index in [0.717, 1.165) is 22.0 Å². The van der Waals surface area contributed by atoms with Gasteiger partial charge in [0.2, 0.25) is 11.8 Å². The second kappa shape index (κ2) is 9.72. The minimum absolute atomic E-state index is 0.232. The number of nitrogens with one attached hydrogen (secondary N) is 2. The van der Waals surface area contributed by atoms with Crippen LogP contribution in [0.25, 0.3) is 0 Å². The summed E-state index contributed by atoms with van der Waals surface area (Å²) < 4.78 is 13.2. The maximum absolute atomic E-state index is 13.4. The van der Waals surface area contributed by atoms with Crippen LogP contribution in [0, 0.1) is 5.82 Å². The van der Waals surface area contributed by atoms with Crippen LogP contribution in [0.15, 0.2) is 78.9 Å². The molecule has 8 nitrogen and oxygen atoms in total. The van der Waals surface area contributed by atoms with E-state index in [1.54, 1.807) is 30.3 Å². The lowest BCUT2D eigenvalue weighted by Crippen LogP contribution is -2.65. The molecule has 0 aromatic heterocycles. The van der Waals surface area contributed by atoms with Gasteiger partial charge in [-0.05, 0) is 60.7 Å². The minimum Gasteiger partial charge on any atom is -0.324 e. The van der Waals surface area contributed by atoms with Gasteiger partial charge in [-0.2, -0.15) is 0 Å². The summed E-state index contributed by atoms with van der Waals surface area (Å²) in [5, 5.41) is 3.78. The molecule has 3 aromatic rings. The number of carbonyl (C=O) groups excluding carboxylic acids is 4. The van der Waals surface area contributed by atoms with Gasteiger partial charge in [-0.25, -0.2) is 19.1 Å². The van der Waals surface area contributed by atoms with Crippen molar-refractivity contribution < 1.29 is 23.6 Å². The lowest BCUT2D eigenvalue weighted by Gasteiger charge is -2.39. The lowest BCUT2D eigenvalue weighted by atomic mass is 10.1. The molecule has 1 saturated heterocycles. The van der Waals surface area contributed by atoms with Crippen molar-refractivity contribution in [2.24, 2.45) is 0 Å². The van der Waals surface area contributed by atoms with Gasteiger partial charge in [0.15, 0.2) is 0 Å². The predicted molar refractivity (Wildman–Crippen MR) is 124 cm³/mol. The summed E-state index contributed by atoms with van der Waals surface area (Å²) in [5.41, 5.74) is 3.20. The van der Waals surface area contributed by atoms with Gasteiger partial charge in [-0.1, -0.05) is 29.8 Å². The van der Waals surface area contributed by atoms with E-state index in [2.05, 4.69) is 10.7 Å². The van der Waals surface area contributed by atoms with Crippen molar-refractivity contribution in [1.82, 2.24) is 10.4 Å². The second-order valence-corrected chi connectivity index (χ2v) is 7.82. The molecule has 0 saturated carbocycles. The Labute approximate surface area is 198 Å².